The van der Waals surface area contributed by atoms with Crippen molar-refractivity contribution in [1.82, 2.24) is 20.1 Å². The van der Waals surface area contributed by atoms with E-state index < -0.39 is 5.97 Å². The van der Waals surface area contributed by atoms with Crippen molar-refractivity contribution < 1.29 is 14.7 Å². The molecule has 0 atom stereocenters. The monoisotopic (exact) mass is 392 g/mol. The third-order valence-corrected chi connectivity index (χ3v) is 5.47. The van der Waals surface area contributed by atoms with Gasteiger partial charge in [0, 0.05) is 17.6 Å². The Morgan fingerprint density at radius 2 is 1.90 bits per heavy atom. The molecule has 0 saturated heterocycles. The zero-order valence-corrected chi connectivity index (χ0v) is 16.7. The molecule has 1 fully saturated rings. The van der Waals surface area contributed by atoms with Gasteiger partial charge in [-0.2, -0.15) is 5.10 Å². The molecule has 150 valence electrons. The molecular weight excluding hydrogens is 368 g/mol. The van der Waals surface area contributed by atoms with Crippen molar-refractivity contribution in [3.8, 4) is 11.3 Å². The summed E-state index contributed by atoms with van der Waals surface area (Å²) >= 11 is 0. The second kappa shape index (κ2) is 7.31. The largest absolute Gasteiger partial charge is 0.481 e. The third-order valence-electron chi connectivity index (χ3n) is 5.47. The van der Waals surface area contributed by atoms with Crippen LogP contribution in [0.2, 0.25) is 0 Å². The SMILES string of the molecule is Cc1ccc(-c2cc(C(=O)NC3CC(C(=O)O)C3)c3cnn(C(C)C)c3n2)cc1. The van der Waals surface area contributed by atoms with Gasteiger partial charge in [-0.1, -0.05) is 29.8 Å². The Morgan fingerprint density at radius 1 is 1.21 bits per heavy atom. The molecule has 0 radical (unpaired) electrons. The number of pyridine rings is 1. The van der Waals surface area contributed by atoms with E-state index in [0.717, 1.165) is 11.1 Å². The van der Waals surface area contributed by atoms with Crippen LogP contribution in [-0.4, -0.2) is 37.8 Å². The van der Waals surface area contributed by atoms with Crippen molar-refractivity contribution in [3.63, 3.8) is 0 Å². The molecule has 1 aromatic carbocycles. The second-order valence-electron chi connectivity index (χ2n) is 8.02. The van der Waals surface area contributed by atoms with E-state index in [-0.39, 0.29) is 23.9 Å². The number of carbonyl (C=O) groups excluding carboxylic acids is 1. The van der Waals surface area contributed by atoms with Crippen LogP contribution in [0.15, 0.2) is 36.5 Å². The summed E-state index contributed by atoms with van der Waals surface area (Å²) in [7, 11) is 0. The van der Waals surface area contributed by atoms with E-state index >= 15 is 0 Å². The van der Waals surface area contributed by atoms with Gasteiger partial charge < -0.3 is 10.4 Å². The van der Waals surface area contributed by atoms with Gasteiger partial charge in [0.15, 0.2) is 5.65 Å². The van der Waals surface area contributed by atoms with Crippen molar-refractivity contribution in [2.24, 2.45) is 5.92 Å². The lowest BCUT2D eigenvalue weighted by Gasteiger charge is -2.32. The predicted molar refractivity (Wildman–Crippen MR) is 110 cm³/mol. The molecule has 1 aliphatic rings. The molecule has 0 spiro atoms. The van der Waals surface area contributed by atoms with Crippen LogP contribution >= 0.6 is 0 Å². The lowest BCUT2D eigenvalue weighted by atomic mass is 9.80. The minimum atomic E-state index is -0.804. The van der Waals surface area contributed by atoms with Gasteiger partial charge in [0.2, 0.25) is 0 Å². The van der Waals surface area contributed by atoms with E-state index in [4.69, 9.17) is 10.1 Å². The van der Waals surface area contributed by atoms with Gasteiger partial charge >= 0.3 is 5.97 Å². The van der Waals surface area contributed by atoms with Gasteiger partial charge in [-0.25, -0.2) is 9.67 Å². The Morgan fingerprint density at radius 3 is 2.52 bits per heavy atom. The summed E-state index contributed by atoms with van der Waals surface area (Å²) < 4.78 is 1.81. The highest BCUT2D eigenvalue weighted by Crippen LogP contribution is 2.30. The van der Waals surface area contributed by atoms with E-state index in [1.54, 1.807) is 12.3 Å². The number of amides is 1. The Bertz CT molecular complexity index is 1080. The second-order valence-corrected chi connectivity index (χ2v) is 8.02. The number of carboxylic acids is 1. The van der Waals surface area contributed by atoms with Crippen molar-refractivity contribution in [2.75, 3.05) is 0 Å². The highest BCUT2D eigenvalue weighted by atomic mass is 16.4. The smallest absolute Gasteiger partial charge is 0.306 e. The molecule has 1 aliphatic carbocycles. The van der Waals surface area contributed by atoms with Gasteiger partial charge in [-0.15, -0.1) is 0 Å². The lowest BCUT2D eigenvalue weighted by molar-refractivity contribution is -0.145. The minimum Gasteiger partial charge on any atom is -0.481 e. The number of carboxylic acid groups (broad SMARTS) is 1. The Hall–Kier alpha value is -3.22. The number of hydrogen-bond acceptors (Lipinski definition) is 4. The average Bonchev–Trinajstić information content (AvgIpc) is 3.07. The van der Waals surface area contributed by atoms with Gasteiger partial charge in [-0.3, -0.25) is 9.59 Å². The zero-order valence-electron chi connectivity index (χ0n) is 16.7. The van der Waals surface area contributed by atoms with Crippen LogP contribution in [0.1, 0.15) is 48.7 Å². The summed E-state index contributed by atoms with van der Waals surface area (Å²) in [6.45, 7) is 6.07. The van der Waals surface area contributed by atoms with Crippen LogP contribution < -0.4 is 5.32 Å². The summed E-state index contributed by atoms with van der Waals surface area (Å²) in [6.07, 6.45) is 2.60. The number of nitrogens with zero attached hydrogens (tertiary/aromatic N) is 3. The van der Waals surface area contributed by atoms with E-state index in [2.05, 4.69) is 10.4 Å². The fraction of sp³-hybridized carbons (Fsp3) is 0.364. The highest BCUT2D eigenvalue weighted by molar-refractivity contribution is 6.06. The first-order valence-corrected chi connectivity index (χ1v) is 9.82. The standard InChI is InChI=1S/C22H24N4O3/c1-12(2)26-20-18(11-23-26)17(21(27)24-16-8-15(9-16)22(28)29)10-19(25-20)14-6-4-13(3)5-7-14/h4-7,10-12,15-16H,8-9H2,1-3H3,(H,24,27)(H,28,29). The summed E-state index contributed by atoms with van der Waals surface area (Å²) in [5, 5.41) is 17.1. The molecule has 2 aromatic heterocycles. The molecule has 0 bridgehead atoms. The van der Waals surface area contributed by atoms with E-state index in [0.29, 0.717) is 35.1 Å². The fourth-order valence-corrected chi connectivity index (χ4v) is 3.66. The Balaban J connectivity index is 1.72. The van der Waals surface area contributed by atoms with Crippen LogP contribution in [0.3, 0.4) is 0 Å². The summed E-state index contributed by atoms with van der Waals surface area (Å²) in [4.78, 5) is 28.8. The molecule has 1 saturated carbocycles. The molecule has 0 aliphatic heterocycles. The molecule has 1 amide bonds. The summed E-state index contributed by atoms with van der Waals surface area (Å²) in [5.41, 5.74) is 3.97. The Kier molecular flexibility index (Phi) is 4.82. The first-order chi connectivity index (χ1) is 13.8. The molecule has 29 heavy (non-hydrogen) atoms. The number of aromatic nitrogens is 3. The molecule has 0 unspecified atom stereocenters. The lowest BCUT2D eigenvalue weighted by Crippen LogP contribution is -2.46. The number of aliphatic carboxylic acids is 1. The normalized spacial score (nSPS) is 18.6. The molecular formula is C22H24N4O3. The third kappa shape index (κ3) is 3.60. The zero-order chi connectivity index (χ0) is 20.7. The van der Waals surface area contributed by atoms with Crippen molar-refractivity contribution in [2.45, 2.75) is 45.7 Å². The van der Waals surface area contributed by atoms with Crippen LogP contribution in [0.25, 0.3) is 22.3 Å². The molecule has 2 heterocycles. The molecule has 7 nitrogen and oxygen atoms in total. The number of hydrogen-bond donors (Lipinski definition) is 2. The molecule has 3 aromatic rings. The molecule has 2 N–H and O–H groups in total. The highest BCUT2D eigenvalue weighted by Gasteiger charge is 2.35. The fourth-order valence-electron chi connectivity index (χ4n) is 3.66. The van der Waals surface area contributed by atoms with Crippen LogP contribution in [0.4, 0.5) is 0 Å². The quantitative estimate of drug-likeness (QED) is 0.692. The van der Waals surface area contributed by atoms with Crippen LogP contribution in [-0.2, 0) is 4.79 Å². The van der Waals surface area contributed by atoms with E-state index in [1.807, 2.05) is 49.7 Å². The van der Waals surface area contributed by atoms with E-state index in [1.165, 1.54) is 0 Å². The topological polar surface area (TPSA) is 97.1 Å². The van der Waals surface area contributed by atoms with Gasteiger partial charge in [0.1, 0.15) is 0 Å². The van der Waals surface area contributed by atoms with Crippen molar-refractivity contribution >= 4 is 22.9 Å². The summed E-state index contributed by atoms with van der Waals surface area (Å²) in [5.74, 6) is -1.39. The van der Waals surface area contributed by atoms with Crippen molar-refractivity contribution in [3.05, 3.63) is 47.7 Å². The maximum atomic E-state index is 13.0. The number of fused-ring (bicyclic) bond motifs is 1. The van der Waals surface area contributed by atoms with E-state index in [9.17, 15) is 9.59 Å². The number of benzene rings is 1. The minimum absolute atomic E-state index is 0.104. The molecule has 4 rings (SSSR count). The summed E-state index contributed by atoms with van der Waals surface area (Å²) in [6, 6.07) is 9.79. The molecule has 7 heteroatoms. The predicted octanol–water partition coefficient (Wildman–Crippen LogP) is 3.58. The first kappa shape index (κ1) is 19.1. The van der Waals surface area contributed by atoms with Crippen LogP contribution in [0.5, 0.6) is 0 Å². The maximum Gasteiger partial charge on any atom is 0.306 e. The number of carbonyl (C=O) groups is 2. The average molecular weight is 392 g/mol. The Labute approximate surface area is 168 Å². The number of nitrogens with one attached hydrogen (secondary N) is 1. The van der Waals surface area contributed by atoms with Gasteiger partial charge in [-0.05, 0) is 39.7 Å². The maximum absolute atomic E-state index is 13.0. The van der Waals surface area contributed by atoms with Gasteiger partial charge in [0.05, 0.1) is 28.8 Å². The number of aryl methyl sites for hydroxylation is 1. The number of rotatable bonds is 5. The van der Waals surface area contributed by atoms with Crippen molar-refractivity contribution in [1.29, 1.82) is 0 Å². The van der Waals surface area contributed by atoms with Crippen LogP contribution in [0, 0.1) is 12.8 Å². The van der Waals surface area contributed by atoms with Gasteiger partial charge in [0.25, 0.3) is 5.91 Å². The first-order valence-electron chi connectivity index (χ1n) is 9.82.